The summed E-state index contributed by atoms with van der Waals surface area (Å²) in [7, 11) is 0. The predicted octanol–water partition coefficient (Wildman–Crippen LogP) is 1.30. The van der Waals surface area contributed by atoms with E-state index < -0.39 is 0 Å². The SMILES string of the molecule is CC(=O)NCC(=O)NC(c1cnc2ccccc2c1)C1CC(O)C1. The van der Waals surface area contributed by atoms with Gasteiger partial charge < -0.3 is 15.7 Å². The number of carbonyl (C=O) groups excluding carboxylic acids is 2. The Hall–Kier alpha value is -2.47. The van der Waals surface area contributed by atoms with Gasteiger partial charge in [0.25, 0.3) is 0 Å². The number of aliphatic hydroxyl groups excluding tert-OH is 1. The molecule has 24 heavy (non-hydrogen) atoms. The van der Waals surface area contributed by atoms with Crippen LogP contribution < -0.4 is 10.6 Å². The molecule has 3 N–H and O–H groups in total. The van der Waals surface area contributed by atoms with Gasteiger partial charge in [-0.25, -0.2) is 0 Å². The molecule has 1 atom stereocenters. The van der Waals surface area contributed by atoms with Crippen molar-refractivity contribution in [1.82, 2.24) is 15.6 Å². The molecule has 2 aromatic rings. The number of hydrogen-bond acceptors (Lipinski definition) is 4. The van der Waals surface area contributed by atoms with Crippen LogP contribution in [0.4, 0.5) is 0 Å². The van der Waals surface area contributed by atoms with E-state index in [1.54, 1.807) is 6.20 Å². The summed E-state index contributed by atoms with van der Waals surface area (Å²) < 4.78 is 0. The number of nitrogens with zero attached hydrogens (tertiary/aromatic N) is 1. The summed E-state index contributed by atoms with van der Waals surface area (Å²) in [5, 5.41) is 16.1. The van der Waals surface area contributed by atoms with E-state index in [1.807, 2.05) is 30.3 Å². The zero-order valence-corrected chi connectivity index (χ0v) is 13.5. The van der Waals surface area contributed by atoms with Crippen molar-refractivity contribution in [2.45, 2.75) is 31.9 Å². The average Bonchev–Trinajstić information content (AvgIpc) is 2.55. The number of aromatic nitrogens is 1. The highest BCUT2D eigenvalue weighted by Gasteiger charge is 2.35. The highest BCUT2D eigenvalue weighted by atomic mass is 16.3. The molecular weight excluding hydrogens is 306 g/mol. The third-order valence-electron chi connectivity index (χ3n) is 4.41. The number of pyridine rings is 1. The molecule has 1 saturated carbocycles. The van der Waals surface area contributed by atoms with Crippen LogP contribution in [0.5, 0.6) is 0 Å². The Kier molecular flexibility index (Phi) is 4.76. The number of carbonyl (C=O) groups is 2. The number of nitrogens with one attached hydrogen (secondary N) is 2. The zero-order valence-electron chi connectivity index (χ0n) is 13.5. The van der Waals surface area contributed by atoms with Gasteiger partial charge in [-0.2, -0.15) is 0 Å². The third kappa shape index (κ3) is 3.71. The van der Waals surface area contributed by atoms with Gasteiger partial charge in [-0.1, -0.05) is 18.2 Å². The molecule has 2 amide bonds. The first-order chi connectivity index (χ1) is 11.5. The number of rotatable bonds is 5. The molecule has 0 aliphatic heterocycles. The molecule has 0 bridgehead atoms. The summed E-state index contributed by atoms with van der Waals surface area (Å²) in [5.41, 5.74) is 1.82. The number of benzene rings is 1. The Balaban J connectivity index is 1.80. The molecule has 6 nitrogen and oxygen atoms in total. The van der Waals surface area contributed by atoms with E-state index in [9.17, 15) is 14.7 Å². The van der Waals surface area contributed by atoms with Gasteiger partial charge in [-0.05, 0) is 36.5 Å². The summed E-state index contributed by atoms with van der Waals surface area (Å²) in [6.07, 6.45) is 2.77. The fourth-order valence-corrected chi connectivity index (χ4v) is 3.06. The Morgan fingerprint density at radius 3 is 2.79 bits per heavy atom. The molecule has 1 aliphatic carbocycles. The van der Waals surface area contributed by atoms with Gasteiger partial charge in [0.05, 0.1) is 24.2 Å². The number of para-hydroxylation sites is 1. The molecule has 3 rings (SSSR count). The second-order valence-corrected chi connectivity index (χ2v) is 6.30. The second-order valence-electron chi connectivity index (χ2n) is 6.30. The molecule has 1 aliphatic rings. The first-order valence-electron chi connectivity index (χ1n) is 8.09. The fourth-order valence-electron chi connectivity index (χ4n) is 3.06. The van der Waals surface area contributed by atoms with E-state index in [2.05, 4.69) is 15.6 Å². The van der Waals surface area contributed by atoms with Crippen LogP contribution in [0.25, 0.3) is 10.9 Å². The van der Waals surface area contributed by atoms with Crippen molar-refractivity contribution in [3.63, 3.8) is 0 Å². The largest absolute Gasteiger partial charge is 0.393 e. The van der Waals surface area contributed by atoms with E-state index in [1.165, 1.54) is 6.92 Å². The number of hydrogen-bond donors (Lipinski definition) is 3. The Labute approximate surface area is 140 Å². The van der Waals surface area contributed by atoms with Crippen LogP contribution in [-0.4, -0.2) is 34.6 Å². The molecule has 0 spiro atoms. The summed E-state index contributed by atoms with van der Waals surface area (Å²) in [5.74, 6) is -0.317. The zero-order chi connectivity index (χ0) is 17.1. The third-order valence-corrected chi connectivity index (χ3v) is 4.41. The molecule has 1 heterocycles. The number of aliphatic hydroxyl groups is 1. The van der Waals surface area contributed by atoms with Crippen LogP contribution in [0.1, 0.15) is 31.4 Å². The van der Waals surface area contributed by atoms with Crippen molar-refractivity contribution in [3.8, 4) is 0 Å². The molecule has 0 radical (unpaired) electrons. The summed E-state index contributed by atoms with van der Waals surface area (Å²) in [4.78, 5) is 27.5. The Bertz CT molecular complexity index is 756. The molecule has 0 saturated heterocycles. The van der Waals surface area contributed by atoms with Gasteiger partial charge in [-0.15, -0.1) is 0 Å². The summed E-state index contributed by atoms with van der Waals surface area (Å²) in [6.45, 7) is 1.32. The first kappa shape index (κ1) is 16.4. The van der Waals surface area contributed by atoms with Gasteiger partial charge in [0, 0.05) is 18.5 Å². The molecule has 1 aromatic carbocycles. The molecule has 126 valence electrons. The maximum atomic E-state index is 12.1. The summed E-state index contributed by atoms with van der Waals surface area (Å²) in [6, 6.07) is 9.62. The minimum atomic E-state index is -0.307. The van der Waals surface area contributed by atoms with Gasteiger partial charge >= 0.3 is 0 Å². The highest BCUT2D eigenvalue weighted by Crippen LogP contribution is 2.38. The van der Waals surface area contributed by atoms with Crippen molar-refractivity contribution in [2.75, 3.05) is 6.54 Å². The van der Waals surface area contributed by atoms with Gasteiger partial charge in [0.15, 0.2) is 0 Å². The topological polar surface area (TPSA) is 91.3 Å². The van der Waals surface area contributed by atoms with E-state index in [0.717, 1.165) is 16.5 Å². The quantitative estimate of drug-likeness (QED) is 0.772. The van der Waals surface area contributed by atoms with Crippen LogP contribution in [0, 0.1) is 5.92 Å². The number of fused-ring (bicyclic) bond motifs is 1. The normalized spacial score (nSPS) is 20.9. The minimum absolute atomic E-state index is 0.0535. The maximum Gasteiger partial charge on any atom is 0.239 e. The van der Waals surface area contributed by atoms with Crippen molar-refractivity contribution in [3.05, 3.63) is 42.1 Å². The van der Waals surface area contributed by atoms with Crippen molar-refractivity contribution in [2.24, 2.45) is 5.92 Å². The maximum absolute atomic E-state index is 12.1. The van der Waals surface area contributed by atoms with E-state index in [0.29, 0.717) is 12.8 Å². The Morgan fingerprint density at radius 2 is 2.08 bits per heavy atom. The lowest BCUT2D eigenvalue weighted by molar-refractivity contribution is -0.126. The highest BCUT2D eigenvalue weighted by molar-refractivity contribution is 5.84. The van der Waals surface area contributed by atoms with Crippen LogP contribution in [0.15, 0.2) is 36.5 Å². The lowest BCUT2D eigenvalue weighted by atomic mass is 9.75. The predicted molar refractivity (Wildman–Crippen MR) is 90.0 cm³/mol. The molecular formula is C18H21N3O3. The van der Waals surface area contributed by atoms with Crippen LogP contribution in [0.2, 0.25) is 0 Å². The lowest BCUT2D eigenvalue weighted by Gasteiger charge is -2.38. The van der Waals surface area contributed by atoms with Gasteiger partial charge in [-0.3, -0.25) is 14.6 Å². The van der Waals surface area contributed by atoms with E-state index >= 15 is 0 Å². The Morgan fingerprint density at radius 1 is 1.33 bits per heavy atom. The molecule has 1 unspecified atom stereocenters. The standard InChI is InChI=1S/C18H21N3O3/c1-11(22)19-10-17(24)21-18(13-7-15(23)8-13)14-6-12-4-2-3-5-16(12)20-9-14/h2-6,9,13,15,18,23H,7-8,10H2,1H3,(H,19,22)(H,21,24). The monoisotopic (exact) mass is 327 g/mol. The van der Waals surface area contributed by atoms with Crippen LogP contribution >= 0.6 is 0 Å². The smallest absolute Gasteiger partial charge is 0.239 e. The van der Waals surface area contributed by atoms with Crippen molar-refractivity contribution >= 4 is 22.7 Å². The lowest BCUT2D eigenvalue weighted by Crippen LogP contribution is -2.44. The van der Waals surface area contributed by atoms with Gasteiger partial charge in [0.2, 0.25) is 11.8 Å². The molecule has 1 fully saturated rings. The second kappa shape index (κ2) is 6.97. The average molecular weight is 327 g/mol. The minimum Gasteiger partial charge on any atom is -0.393 e. The van der Waals surface area contributed by atoms with Crippen LogP contribution in [-0.2, 0) is 9.59 Å². The molecule has 6 heteroatoms. The first-order valence-corrected chi connectivity index (χ1v) is 8.09. The van der Waals surface area contributed by atoms with Crippen molar-refractivity contribution in [1.29, 1.82) is 0 Å². The van der Waals surface area contributed by atoms with Crippen molar-refractivity contribution < 1.29 is 14.7 Å². The van der Waals surface area contributed by atoms with E-state index in [4.69, 9.17) is 0 Å². The summed E-state index contributed by atoms with van der Waals surface area (Å²) >= 11 is 0. The van der Waals surface area contributed by atoms with Gasteiger partial charge in [0.1, 0.15) is 0 Å². The fraction of sp³-hybridized carbons (Fsp3) is 0.389. The van der Waals surface area contributed by atoms with Crippen LogP contribution in [0.3, 0.4) is 0 Å². The van der Waals surface area contributed by atoms with E-state index in [-0.39, 0.29) is 36.4 Å². The molecule has 1 aromatic heterocycles. The number of amides is 2.